The number of rotatable bonds is 6. The average molecular weight is 380 g/mol. The van der Waals surface area contributed by atoms with Crippen molar-refractivity contribution in [2.75, 3.05) is 7.11 Å². The number of aldehydes is 1. The van der Waals surface area contributed by atoms with Gasteiger partial charge in [-0.15, -0.1) is 0 Å². The number of nitro benzene ring substituents is 1. The molecule has 0 amide bonds. The summed E-state index contributed by atoms with van der Waals surface area (Å²) >= 11 is 3.28. The number of methoxy groups -OCH3 is 1. The molecule has 0 fully saturated rings. The lowest BCUT2D eigenvalue weighted by Gasteiger charge is -2.18. The minimum Gasteiger partial charge on any atom is -0.493 e. The van der Waals surface area contributed by atoms with Gasteiger partial charge in [-0.25, -0.2) is 0 Å². The van der Waals surface area contributed by atoms with E-state index in [1.54, 1.807) is 31.2 Å². The molecule has 0 saturated heterocycles. The van der Waals surface area contributed by atoms with Crippen LogP contribution in [0.2, 0.25) is 0 Å². The maximum Gasteiger partial charge on any atom is 0.269 e. The summed E-state index contributed by atoms with van der Waals surface area (Å²) in [6.07, 6.45) is 0.249. The average Bonchev–Trinajstić information content (AvgIpc) is 2.55. The van der Waals surface area contributed by atoms with Crippen molar-refractivity contribution in [3.8, 4) is 11.5 Å². The molecular formula is C16H14BrNO5. The summed E-state index contributed by atoms with van der Waals surface area (Å²) in [6.45, 7) is 1.77. The van der Waals surface area contributed by atoms with Gasteiger partial charge in [0.25, 0.3) is 5.69 Å². The van der Waals surface area contributed by atoms with Crippen molar-refractivity contribution in [2.24, 2.45) is 0 Å². The van der Waals surface area contributed by atoms with Crippen LogP contribution >= 0.6 is 15.9 Å². The van der Waals surface area contributed by atoms with Crippen LogP contribution in [0, 0.1) is 10.1 Å². The van der Waals surface area contributed by atoms with E-state index in [1.165, 1.54) is 19.2 Å². The summed E-state index contributed by atoms with van der Waals surface area (Å²) < 4.78 is 11.7. The Bertz CT molecular complexity index is 747. The van der Waals surface area contributed by atoms with Crippen LogP contribution in [0.3, 0.4) is 0 Å². The number of benzene rings is 2. The number of ether oxygens (including phenoxy) is 2. The molecule has 0 N–H and O–H groups in total. The highest BCUT2D eigenvalue weighted by atomic mass is 79.9. The van der Waals surface area contributed by atoms with Crippen LogP contribution in [0.25, 0.3) is 0 Å². The molecule has 0 aromatic heterocycles. The molecule has 120 valence electrons. The Morgan fingerprint density at radius 1 is 1.26 bits per heavy atom. The van der Waals surface area contributed by atoms with Gasteiger partial charge in [-0.1, -0.05) is 12.1 Å². The van der Waals surface area contributed by atoms with Crippen molar-refractivity contribution in [3.05, 3.63) is 62.1 Å². The predicted molar refractivity (Wildman–Crippen MR) is 88.2 cm³/mol. The molecule has 0 aliphatic heterocycles. The number of nitro groups is 1. The van der Waals surface area contributed by atoms with Gasteiger partial charge in [0.05, 0.1) is 12.0 Å². The van der Waals surface area contributed by atoms with Crippen LogP contribution in [-0.4, -0.2) is 18.3 Å². The molecular weight excluding hydrogens is 366 g/mol. The number of carbonyl (C=O) groups is 1. The van der Waals surface area contributed by atoms with E-state index < -0.39 is 11.0 Å². The van der Waals surface area contributed by atoms with E-state index in [0.717, 1.165) is 0 Å². The highest BCUT2D eigenvalue weighted by Crippen LogP contribution is 2.35. The van der Waals surface area contributed by atoms with Crippen LogP contribution in [0.5, 0.6) is 11.5 Å². The van der Waals surface area contributed by atoms with Crippen molar-refractivity contribution in [1.29, 1.82) is 0 Å². The Hall–Kier alpha value is -2.41. The largest absolute Gasteiger partial charge is 0.493 e. The third-order valence-corrected chi connectivity index (χ3v) is 3.95. The molecule has 2 aromatic carbocycles. The highest BCUT2D eigenvalue weighted by molar-refractivity contribution is 9.10. The van der Waals surface area contributed by atoms with Gasteiger partial charge in [-0.2, -0.15) is 0 Å². The van der Waals surface area contributed by atoms with Crippen LogP contribution in [0.1, 0.15) is 28.9 Å². The van der Waals surface area contributed by atoms with Crippen molar-refractivity contribution < 1.29 is 19.2 Å². The topological polar surface area (TPSA) is 78.7 Å². The quantitative estimate of drug-likeness (QED) is 0.424. The van der Waals surface area contributed by atoms with Gasteiger partial charge in [0, 0.05) is 22.2 Å². The Labute approximate surface area is 141 Å². The van der Waals surface area contributed by atoms with Gasteiger partial charge in [0.15, 0.2) is 17.8 Å². The molecule has 23 heavy (non-hydrogen) atoms. The molecule has 2 rings (SSSR count). The van der Waals surface area contributed by atoms with Gasteiger partial charge in [0.2, 0.25) is 0 Å². The fourth-order valence-electron chi connectivity index (χ4n) is 2.04. The zero-order valence-electron chi connectivity index (χ0n) is 12.5. The van der Waals surface area contributed by atoms with Crippen LogP contribution in [-0.2, 0) is 0 Å². The summed E-state index contributed by atoms with van der Waals surface area (Å²) in [4.78, 5) is 21.5. The molecule has 0 spiro atoms. The zero-order chi connectivity index (χ0) is 17.0. The Balaban J connectivity index is 2.32. The maximum absolute atomic E-state index is 11.1. The molecule has 0 radical (unpaired) electrons. The van der Waals surface area contributed by atoms with E-state index in [9.17, 15) is 14.9 Å². The summed E-state index contributed by atoms with van der Waals surface area (Å²) in [6, 6.07) is 9.41. The highest BCUT2D eigenvalue weighted by Gasteiger charge is 2.16. The van der Waals surface area contributed by atoms with E-state index in [4.69, 9.17) is 9.47 Å². The lowest BCUT2D eigenvalue weighted by atomic mass is 10.1. The molecule has 0 heterocycles. The molecule has 1 atom stereocenters. The SMILES string of the molecule is COc1cc(Br)c(C=O)cc1O[C@H](C)c1cccc([N+](=O)[O-])c1. The van der Waals surface area contributed by atoms with E-state index >= 15 is 0 Å². The first kappa shape index (κ1) is 17.0. The van der Waals surface area contributed by atoms with E-state index in [0.29, 0.717) is 33.4 Å². The maximum atomic E-state index is 11.1. The number of non-ortho nitro benzene ring substituents is 1. The number of halogens is 1. The number of hydrogen-bond acceptors (Lipinski definition) is 5. The van der Waals surface area contributed by atoms with E-state index in [1.807, 2.05) is 0 Å². The lowest BCUT2D eigenvalue weighted by Crippen LogP contribution is -2.05. The molecule has 6 nitrogen and oxygen atoms in total. The summed E-state index contributed by atoms with van der Waals surface area (Å²) in [5, 5.41) is 10.9. The van der Waals surface area contributed by atoms with E-state index in [2.05, 4.69) is 15.9 Å². The van der Waals surface area contributed by atoms with Gasteiger partial charge < -0.3 is 9.47 Å². The molecule has 7 heteroatoms. The number of carbonyl (C=O) groups excluding carboxylic acids is 1. The smallest absolute Gasteiger partial charge is 0.269 e. The monoisotopic (exact) mass is 379 g/mol. The van der Waals surface area contributed by atoms with Crippen molar-refractivity contribution in [3.63, 3.8) is 0 Å². The fraction of sp³-hybridized carbons (Fsp3) is 0.188. The molecule has 0 unspecified atom stereocenters. The first-order chi connectivity index (χ1) is 11.0. The number of nitrogens with zero attached hydrogens (tertiary/aromatic N) is 1. The van der Waals surface area contributed by atoms with Crippen LogP contribution in [0.4, 0.5) is 5.69 Å². The molecule has 0 aliphatic rings. The normalized spacial score (nSPS) is 11.6. The lowest BCUT2D eigenvalue weighted by molar-refractivity contribution is -0.385. The van der Waals surface area contributed by atoms with Crippen LogP contribution < -0.4 is 9.47 Å². The first-order valence-corrected chi connectivity index (χ1v) is 7.49. The van der Waals surface area contributed by atoms with Crippen molar-refractivity contribution in [1.82, 2.24) is 0 Å². The Kier molecular flexibility index (Phi) is 5.33. The third kappa shape index (κ3) is 3.87. The predicted octanol–water partition coefficient (Wildman–Crippen LogP) is 4.32. The summed E-state index contributed by atoms with van der Waals surface area (Å²) in [5.41, 5.74) is 1.07. The molecule has 0 aliphatic carbocycles. The minimum absolute atomic E-state index is 0.00528. The Morgan fingerprint density at radius 3 is 2.61 bits per heavy atom. The zero-order valence-corrected chi connectivity index (χ0v) is 14.1. The second-order valence-corrected chi connectivity index (χ2v) is 5.61. The first-order valence-electron chi connectivity index (χ1n) is 6.70. The second-order valence-electron chi connectivity index (χ2n) is 4.75. The van der Waals surface area contributed by atoms with Gasteiger partial charge in [0.1, 0.15) is 6.10 Å². The Morgan fingerprint density at radius 2 is 2.00 bits per heavy atom. The fourth-order valence-corrected chi connectivity index (χ4v) is 2.46. The van der Waals surface area contributed by atoms with Gasteiger partial charge in [-0.05, 0) is 40.5 Å². The van der Waals surface area contributed by atoms with Gasteiger partial charge in [-0.3, -0.25) is 14.9 Å². The third-order valence-electron chi connectivity index (χ3n) is 3.26. The molecule has 0 bridgehead atoms. The molecule has 2 aromatic rings. The van der Waals surface area contributed by atoms with E-state index in [-0.39, 0.29) is 5.69 Å². The van der Waals surface area contributed by atoms with Gasteiger partial charge >= 0.3 is 0 Å². The van der Waals surface area contributed by atoms with Crippen LogP contribution in [0.15, 0.2) is 40.9 Å². The molecule has 0 saturated carbocycles. The second kappa shape index (κ2) is 7.23. The summed E-state index contributed by atoms with van der Waals surface area (Å²) in [5.74, 6) is 0.844. The minimum atomic E-state index is -0.457. The standard InChI is InChI=1S/C16H14BrNO5/c1-10(11-4-3-5-13(6-11)18(20)21)23-16-7-12(9-19)14(17)8-15(16)22-2/h3-10H,1-2H3/t10-/m1/s1. The summed E-state index contributed by atoms with van der Waals surface area (Å²) in [7, 11) is 1.49. The van der Waals surface area contributed by atoms with Crippen molar-refractivity contribution >= 4 is 27.9 Å². The number of hydrogen-bond donors (Lipinski definition) is 0. The van der Waals surface area contributed by atoms with Crippen molar-refractivity contribution in [2.45, 2.75) is 13.0 Å².